The second-order valence-corrected chi connectivity index (χ2v) is 4.32. The summed E-state index contributed by atoms with van der Waals surface area (Å²) in [6, 6.07) is 7.97. The van der Waals surface area contributed by atoms with E-state index < -0.39 is 12.0 Å². The van der Waals surface area contributed by atoms with E-state index in [2.05, 4.69) is 5.32 Å². The molecule has 100 valence electrons. The lowest BCUT2D eigenvalue weighted by Crippen LogP contribution is -2.28. The van der Waals surface area contributed by atoms with Gasteiger partial charge in [0.25, 0.3) is 0 Å². The van der Waals surface area contributed by atoms with Crippen LogP contribution in [0.15, 0.2) is 41.6 Å². The van der Waals surface area contributed by atoms with Gasteiger partial charge in [-0.05, 0) is 12.5 Å². The van der Waals surface area contributed by atoms with E-state index in [1.165, 1.54) is 0 Å². The number of carbonyl (C=O) groups is 2. The van der Waals surface area contributed by atoms with Crippen molar-refractivity contribution in [1.82, 2.24) is 5.32 Å². The first-order valence-electron chi connectivity index (χ1n) is 6.00. The molecule has 1 saturated heterocycles. The molecule has 0 spiro atoms. The van der Waals surface area contributed by atoms with Gasteiger partial charge >= 0.3 is 11.9 Å². The number of ether oxygens (including phenoxy) is 1. The number of rotatable bonds is 4. The van der Waals surface area contributed by atoms with Gasteiger partial charge in [0.05, 0.1) is 12.2 Å². The van der Waals surface area contributed by atoms with Gasteiger partial charge in [0, 0.05) is 12.1 Å². The molecule has 1 aromatic rings. The quantitative estimate of drug-likeness (QED) is 0.636. The van der Waals surface area contributed by atoms with E-state index in [0.29, 0.717) is 29.9 Å². The zero-order chi connectivity index (χ0) is 13.8. The molecule has 1 aliphatic rings. The van der Waals surface area contributed by atoms with Gasteiger partial charge < -0.3 is 15.2 Å². The Bertz CT molecular complexity index is 522. The minimum Gasteiger partial charge on any atom is -0.479 e. The van der Waals surface area contributed by atoms with Crippen LogP contribution in [0.3, 0.4) is 0 Å². The molecule has 1 heterocycles. The average Bonchev–Trinajstić information content (AvgIpc) is 2.82. The summed E-state index contributed by atoms with van der Waals surface area (Å²) >= 11 is 0. The zero-order valence-electron chi connectivity index (χ0n) is 10.6. The smallest absolute Gasteiger partial charge is 0.335 e. The molecule has 1 aromatic carbocycles. The number of carboxylic acid groups (broad SMARTS) is 1. The van der Waals surface area contributed by atoms with Gasteiger partial charge in [0.1, 0.15) is 6.04 Å². The van der Waals surface area contributed by atoms with Gasteiger partial charge in [-0.2, -0.15) is 0 Å². The van der Waals surface area contributed by atoms with Gasteiger partial charge in [-0.25, -0.2) is 9.59 Å². The van der Waals surface area contributed by atoms with Gasteiger partial charge in [-0.3, -0.25) is 0 Å². The van der Waals surface area contributed by atoms with E-state index in [1.54, 1.807) is 31.2 Å². The first kappa shape index (κ1) is 13.1. The molecule has 0 radical (unpaired) electrons. The number of aliphatic carboxylic acids is 1. The Hall–Kier alpha value is -2.30. The Kier molecular flexibility index (Phi) is 3.85. The lowest BCUT2D eigenvalue weighted by Gasteiger charge is -2.17. The number of nitrogens with one attached hydrogen (secondary N) is 1. The molecule has 1 aliphatic heterocycles. The summed E-state index contributed by atoms with van der Waals surface area (Å²) in [6.07, 6.45) is 0.513. The largest absolute Gasteiger partial charge is 0.479 e. The van der Waals surface area contributed by atoms with Crippen molar-refractivity contribution < 1.29 is 19.4 Å². The number of allylic oxidation sites excluding steroid dienone is 1. The Morgan fingerprint density at radius 2 is 2.05 bits per heavy atom. The third kappa shape index (κ3) is 2.93. The van der Waals surface area contributed by atoms with E-state index in [-0.39, 0.29) is 5.97 Å². The number of carbonyl (C=O) groups excluding carboxylic acids is 1. The van der Waals surface area contributed by atoms with Gasteiger partial charge in [-0.1, -0.05) is 30.3 Å². The van der Waals surface area contributed by atoms with Crippen LogP contribution in [0.5, 0.6) is 0 Å². The average molecular weight is 261 g/mol. The number of cyclic esters (lactones) is 1. The summed E-state index contributed by atoms with van der Waals surface area (Å²) in [5, 5.41) is 12.2. The molecule has 1 atom stereocenters. The van der Waals surface area contributed by atoms with Crippen molar-refractivity contribution in [2.75, 3.05) is 6.61 Å². The van der Waals surface area contributed by atoms with Gasteiger partial charge in [0.15, 0.2) is 0 Å². The van der Waals surface area contributed by atoms with Crippen molar-refractivity contribution in [3.63, 3.8) is 0 Å². The molecule has 2 rings (SSSR count). The maximum atomic E-state index is 11.4. The summed E-state index contributed by atoms with van der Waals surface area (Å²) in [6.45, 7) is 2.05. The lowest BCUT2D eigenvalue weighted by molar-refractivity contribution is -0.139. The van der Waals surface area contributed by atoms with Crippen molar-refractivity contribution in [2.45, 2.75) is 19.4 Å². The molecule has 0 unspecified atom stereocenters. The zero-order valence-corrected chi connectivity index (χ0v) is 10.6. The Balaban J connectivity index is 2.23. The molecule has 2 N–H and O–H groups in total. The molecule has 1 fully saturated rings. The molecule has 5 heteroatoms. The third-order valence-electron chi connectivity index (χ3n) is 3.02. The Morgan fingerprint density at radius 1 is 1.37 bits per heavy atom. The van der Waals surface area contributed by atoms with Gasteiger partial charge in [0.2, 0.25) is 0 Å². The van der Waals surface area contributed by atoms with Crippen LogP contribution in [-0.4, -0.2) is 23.7 Å². The van der Waals surface area contributed by atoms with Crippen molar-refractivity contribution in [3.05, 3.63) is 47.2 Å². The fourth-order valence-electron chi connectivity index (χ4n) is 2.01. The number of benzene rings is 1. The summed E-state index contributed by atoms with van der Waals surface area (Å²) in [5.74, 6) is -1.36. The monoisotopic (exact) mass is 261 g/mol. The predicted octanol–water partition coefficient (Wildman–Crippen LogP) is 1.62. The van der Waals surface area contributed by atoms with E-state index in [9.17, 15) is 14.7 Å². The van der Waals surface area contributed by atoms with E-state index in [1.807, 2.05) is 6.07 Å². The second kappa shape index (κ2) is 5.56. The maximum Gasteiger partial charge on any atom is 0.335 e. The van der Waals surface area contributed by atoms with Crippen LogP contribution in [-0.2, 0) is 14.3 Å². The summed E-state index contributed by atoms with van der Waals surface area (Å²) in [5.41, 5.74) is 1.71. The first-order chi connectivity index (χ1) is 9.09. The minimum atomic E-state index is -0.988. The molecule has 0 aliphatic carbocycles. The highest BCUT2D eigenvalue weighted by Gasteiger charge is 2.25. The third-order valence-corrected chi connectivity index (χ3v) is 3.02. The van der Waals surface area contributed by atoms with Gasteiger partial charge in [-0.15, -0.1) is 0 Å². The Labute approximate surface area is 110 Å². The lowest BCUT2D eigenvalue weighted by atomic mass is 10.1. The highest BCUT2D eigenvalue weighted by Crippen LogP contribution is 2.20. The number of carboxylic acids is 1. The molecule has 0 bridgehead atoms. The highest BCUT2D eigenvalue weighted by atomic mass is 16.5. The molecule has 0 amide bonds. The fraction of sp³-hybridized carbons (Fsp3) is 0.286. The van der Waals surface area contributed by atoms with E-state index in [4.69, 9.17) is 4.74 Å². The summed E-state index contributed by atoms with van der Waals surface area (Å²) in [4.78, 5) is 22.8. The normalized spacial score (nSPS) is 18.7. The van der Waals surface area contributed by atoms with Crippen LogP contribution >= 0.6 is 0 Å². The van der Waals surface area contributed by atoms with Crippen LogP contribution in [0.4, 0.5) is 0 Å². The molecular formula is C14H15NO4. The van der Waals surface area contributed by atoms with Crippen molar-refractivity contribution in [3.8, 4) is 0 Å². The van der Waals surface area contributed by atoms with Crippen LogP contribution in [0.25, 0.3) is 0 Å². The molecule has 19 heavy (non-hydrogen) atoms. The number of hydrogen-bond acceptors (Lipinski definition) is 4. The van der Waals surface area contributed by atoms with Crippen molar-refractivity contribution >= 4 is 11.9 Å². The van der Waals surface area contributed by atoms with Crippen molar-refractivity contribution in [1.29, 1.82) is 0 Å². The summed E-state index contributed by atoms with van der Waals surface area (Å²) < 4.78 is 4.85. The second-order valence-electron chi connectivity index (χ2n) is 4.32. The van der Waals surface area contributed by atoms with Crippen LogP contribution in [0, 0.1) is 0 Å². The predicted molar refractivity (Wildman–Crippen MR) is 68.2 cm³/mol. The number of hydrogen-bond donors (Lipinski definition) is 2. The highest BCUT2D eigenvalue weighted by molar-refractivity contribution is 5.91. The fourth-order valence-corrected chi connectivity index (χ4v) is 2.01. The minimum absolute atomic E-state index is 0.357. The van der Waals surface area contributed by atoms with E-state index >= 15 is 0 Å². The SMILES string of the molecule is CC(N[C@@H](C(=O)O)c1ccccc1)=C1CCOC1=O. The molecule has 0 saturated carbocycles. The van der Waals surface area contributed by atoms with Crippen LogP contribution < -0.4 is 5.32 Å². The van der Waals surface area contributed by atoms with Crippen LogP contribution in [0.2, 0.25) is 0 Å². The topological polar surface area (TPSA) is 75.6 Å². The Morgan fingerprint density at radius 3 is 2.58 bits per heavy atom. The number of esters is 1. The van der Waals surface area contributed by atoms with Crippen molar-refractivity contribution in [2.24, 2.45) is 0 Å². The maximum absolute atomic E-state index is 11.4. The molecule has 0 aromatic heterocycles. The van der Waals surface area contributed by atoms with Crippen LogP contribution in [0.1, 0.15) is 24.9 Å². The van der Waals surface area contributed by atoms with E-state index in [0.717, 1.165) is 0 Å². The first-order valence-corrected chi connectivity index (χ1v) is 6.00. The molecular weight excluding hydrogens is 246 g/mol. The summed E-state index contributed by atoms with van der Waals surface area (Å²) in [7, 11) is 0. The standard InChI is InChI=1S/C14H15NO4/c1-9(11-7-8-19-14(11)18)15-12(13(16)17)10-5-3-2-4-6-10/h2-6,12,15H,7-8H2,1H3,(H,16,17)/t12-/m1/s1. The molecule has 5 nitrogen and oxygen atoms in total.